The number of alkyl halides is 8. The van der Waals surface area contributed by atoms with Crippen LogP contribution in [0, 0.1) is 0 Å². The Morgan fingerprint density at radius 1 is 0.867 bits per heavy atom. The minimum Gasteiger partial charge on any atom is -0.322 e. The summed E-state index contributed by atoms with van der Waals surface area (Å²) in [5, 5.41) is -5.52. The van der Waals surface area contributed by atoms with Gasteiger partial charge >= 0.3 is 23.2 Å². The minimum absolute atomic E-state index is 0.117. The van der Waals surface area contributed by atoms with E-state index < -0.39 is 35.2 Å². The highest BCUT2D eigenvalue weighted by atomic mass is 32.2. The Bertz CT molecular complexity index is 473. The topological polar surface area (TPSA) is 12.5 Å². The van der Waals surface area contributed by atoms with Gasteiger partial charge in [-0.2, -0.15) is 35.1 Å². The van der Waals surface area contributed by atoms with Gasteiger partial charge < -0.3 is 4.48 Å². The van der Waals surface area contributed by atoms with E-state index >= 15 is 0 Å². The molecule has 1 rings (SSSR count). The molecule has 30 heavy (non-hydrogen) atoms. The Labute approximate surface area is 176 Å². The molecule has 0 aliphatic carbocycles. The van der Waals surface area contributed by atoms with Crippen LogP contribution in [0.15, 0.2) is 0 Å². The number of halogens is 9. The van der Waals surface area contributed by atoms with Gasteiger partial charge in [0.2, 0.25) is 0 Å². The van der Waals surface area contributed by atoms with Crippen LogP contribution < -0.4 is 0 Å². The lowest BCUT2D eigenvalue weighted by molar-refractivity contribution is -0.929. The van der Waals surface area contributed by atoms with Crippen LogP contribution in [-0.4, -0.2) is 71.3 Å². The van der Waals surface area contributed by atoms with Crippen molar-refractivity contribution in [3.8, 4) is 0 Å². The number of hydrogen-bond acceptors (Lipinski definition) is 3. The first-order valence-electron chi connectivity index (χ1n) is 9.82. The van der Waals surface area contributed by atoms with Gasteiger partial charge in [0.15, 0.2) is 0 Å². The zero-order valence-corrected chi connectivity index (χ0v) is 18.9. The first-order valence-corrected chi connectivity index (χ1v) is 10.6. The van der Waals surface area contributed by atoms with Gasteiger partial charge in [-0.3, -0.25) is 0 Å². The highest BCUT2D eigenvalue weighted by Crippen LogP contribution is 2.57. The summed E-state index contributed by atoms with van der Waals surface area (Å²) >= 11 is -0.903. The second-order valence-corrected chi connectivity index (χ2v) is 7.32. The Hall–Kier alpha value is -0.400. The van der Waals surface area contributed by atoms with E-state index in [1.54, 1.807) is 0 Å². The van der Waals surface area contributed by atoms with Crippen LogP contribution in [0.3, 0.4) is 0 Å². The summed E-state index contributed by atoms with van der Waals surface area (Å²) in [5.74, 6) is -13.0. The predicted octanol–water partition coefficient (Wildman–Crippen LogP) is 6.61. The highest BCUT2D eigenvalue weighted by Gasteiger charge is 2.83. The summed E-state index contributed by atoms with van der Waals surface area (Å²) in [5.41, 5.74) is 0. The molecule has 0 aromatic rings. The third-order valence-electron chi connectivity index (χ3n) is 4.50. The molecule has 0 amide bonds. The third-order valence-corrected chi connectivity index (χ3v) is 5.62. The van der Waals surface area contributed by atoms with Crippen LogP contribution in [0.2, 0.25) is 0 Å². The first kappa shape index (κ1) is 31.8. The average molecular weight is 484 g/mol. The Morgan fingerprint density at radius 3 is 1.60 bits per heavy atom. The number of nitrogens with zero attached hydrogens (tertiary/aromatic N) is 2. The molecule has 0 N–H and O–H groups in total. The maximum Gasteiger partial charge on any atom is 0.459 e. The second kappa shape index (κ2) is 12.6. The monoisotopic (exact) mass is 483 g/mol. The van der Waals surface area contributed by atoms with Crippen molar-refractivity contribution in [2.75, 3.05) is 39.3 Å². The lowest BCUT2D eigenvalue weighted by Gasteiger charge is -2.45. The van der Waals surface area contributed by atoms with Gasteiger partial charge in [-0.05, 0) is 17.9 Å². The zero-order chi connectivity index (χ0) is 24.4. The smallest absolute Gasteiger partial charge is 0.322 e. The normalized spacial score (nSPS) is 19.7. The molecule has 184 valence electrons. The van der Waals surface area contributed by atoms with Crippen molar-refractivity contribution in [1.29, 1.82) is 0 Å². The molecule has 1 unspecified atom stereocenters. The second-order valence-electron chi connectivity index (χ2n) is 6.11. The number of hydrogen-bond donors (Lipinski definition) is 0. The van der Waals surface area contributed by atoms with E-state index in [1.165, 1.54) is 0 Å². The quantitative estimate of drug-likeness (QED) is 0.219. The Kier molecular flexibility index (Phi) is 13.3. The summed E-state index contributed by atoms with van der Waals surface area (Å²) in [6, 6.07) is 0. The molecule has 13 heteroatoms. The maximum atomic E-state index is 13.9. The van der Waals surface area contributed by atoms with Crippen molar-refractivity contribution in [2.45, 2.75) is 71.2 Å². The van der Waals surface area contributed by atoms with Gasteiger partial charge in [0.05, 0.1) is 39.3 Å². The molecule has 0 saturated carbocycles. The molecule has 1 saturated heterocycles. The minimum atomic E-state index is -6.77. The Balaban J connectivity index is 0. The van der Waals surface area contributed by atoms with Crippen LogP contribution in [-0.2, 0) is 4.94 Å². The molecule has 0 bridgehead atoms. The fourth-order valence-electron chi connectivity index (χ4n) is 2.81. The van der Waals surface area contributed by atoms with Crippen molar-refractivity contribution in [3.63, 3.8) is 0 Å². The van der Waals surface area contributed by atoms with Gasteiger partial charge in [0, 0.05) is 11.9 Å². The average Bonchev–Trinajstić information content (AvgIpc) is 2.70. The van der Waals surface area contributed by atoms with Crippen LogP contribution in [0.1, 0.15) is 48.0 Å². The largest absolute Gasteiger partial charge is 0.459 e. The number of quaternary nitrogens is 1. The lowest BCUT2D eigenvalue weighted by atomic mass is 10.1. The number of rotatable bonds is 8. The standard InChI is InChI=1S/C13H20F9N2OS.2C2H6/c1-3-7-24(4-2)8-5-23(6-9-24)26-13(20,21)11(16,25-22)10(14,15)12(17,18)19;2*1-2/h3-9H2,1-2H3;2*1-2H3/q+1;;. The van der Waals surface area contributed by atoms with Crippen molar-refractivity contribution in [3.05, 3.63) is 0 Å². The summed E-state index contributed by atoms with van der Waals surface area (Å²) < 4.78 is 118. The first-order chi connectivity index (χ1) is 13.7. The molecule has 0 spiro atoms. The van der Waals surface area contributed by atoms with E-state index in [0.717, 1.165) is 17.3 Å². The van der Waals surface area contributed by atoms with Gasteiger partial charge in [-0.1, -0.05) is 34.6 Å². The molecule has 1 heterocycles. The number of likely N-dealkylation sites (N-methyl/N-ethyl adjacent to an activating group) is 1. The van der Waals surface area contributed by atoms with E-state index in [-0.39, 0.29) is 13.1 Å². The Morgan fingerprint density at radius 2 is 1.30 bits per heavy atom. The molecule has 0 radical (unpaired) electrons. The molecule has 1 aliphatic rings. The fourth-order valence-corrected chi connectivity index (χ4v) is 3.76. The van der Waals surface area contributed by atoms with Crippen molar-refractivity contribution < 1.29 is 49.1 Å². The molecule has 1 fully saturated rings. The fraction of sp³-hybridized carbons (Fsp3) is 1.00. The summed E-state index contributed by atoms with van der Waals surface area (Å²) in [4.78, 5) is 1.90. The third kappa shape index (κ3) is 6.80. The molecule has 1 atom stereocenters. The van der Waals surface area contributed by atoms with E-state index in [1.807, 2.05) is 46.5 Å². The predicted molar refractivity (Wildman–Crippen MR) is 99.5 cm³/mol. The molecule has 3 nitrogen and oxygen atoms in total. The van der Waals surface area contributed by atoms with Gasteiger partial charge in [0.1, 0.15) is 0 Å². The van der Waals surface area contributed by atoms with E-state index in [4.69, 9.17) is 0 Å². The summed E-state index contributed by atoms with van der Waals surface area (Å²) in [6.45, 7) is 13.6. The molecule has 0 aromatic heterocycles. The van der Waals surface area contributed by atoms with Crippen LogP contribution in [0.5, 0.6) is 0 Å². The molecule has 0 aromatic carbocycles. The van der Waals surface area contributed by atoms with Gasteiger partial charge in [-0.15, -0.1) is 4.94 Å². The molecule has 1 aliphatic heterocycles. The van der Waals surface area contributed by atoms with Crippen LogP contribution in [0.25, 0.3) is 0 Å². The van der Waals surface area contributed by atoms with Crippen LogP contribution in [0.4, 0.5) is 39.6 Å². The number of piperazine rings is 1. The van der Waals surface area contributed by atoms with Gasteiger partial charge in [0.25, 0.3) is 0 Å². The van der Waals surface area contributed by atoms with E-state index in [2.05, 4.69) is 0 Å². The lowest BCUT2D eigenvalue weighted by Crippen LogP contribution is -2.64. The van der Waals surface area contributed by atoms with Crippen molar-refractivity contribution in [2.24, 2.45) is 0 Å². The molecular formula is C17H32F9N2OS+. The molecular weight excluding hydrogens is 451 g/mol. The maximum absolute atomic E-state index is 13.9. The van der Waals surface area contributed by atoms with E-state index in [9.17, 15) is 39.6 Å². The highest BCUT2D eigenvalue weighted by molar-refractivity contribution is 7.98. The zero-order valence-electron chi connectivity index (χ0n) is 18.1. The SMILES string of the molecule is CC.CC.CCC[N+]1(CC)CCN(SC(F)(F)C(F)(OF)C(F)(F)C(F)(F)F)CC1. The van der Waals surface area contributed by atoms with Crippen molar-refractivity contribution >= 4 is 11.9 Å². The van der Waals surface area contributed by atoms with Crippen LogP contribution >= 0.6 is 11.9 Å². The van der Waals surface area contributed by atoms with Gasteiger partial charge in [-0.25, -0.2) is 4.31 Å². The summed E-state index contributed by atoms with van der Waals surface area (Å²) in [7, 11) is 0. The van der Waals surface area contributed by atoms with Crippen molar-refractivity contribution in [1.82, 2.24) is 4.31 Å². The summed E-state index contributed by atoms with van der Waals surface area (Å²) in [6.07, 6.45) is -5.96. The van der Waals surface area contributed by atoms with E-state index in [0.29, 0.717) is 24.1 Å².